The molecule has 1 saturated heterocycles. The van der Waals surface area contributed by atoms with Crippen LogP contribution in [0.1, 0.15) is 49.3 Å². The Hall–Kier alpha value is -5.18. The van der Waals surface area contributed by atoms with Crippen LogP contribution in [0, 0.1) is 31.6 Å². The van der Waals surface area contributed by atoms with E-state index >= 15 is 0 Å². The van der Waals surface area contributed by atoms with Gasteiger partial charge in [0.25, 0.3) is 0 Å². The van der Waals surface area contributed by atoms with Gasteiger partial charge in [-0.1, -0.05) is 55.0 Å². The molecule has 6 rings (SSSR count). The molecule has 4 aromatic carbocycles. The van der Waals surface area contributed by atoms with E-state index in [9.17, 15) is 24.9 Å². The van der Waals surface area contributed by atoms with E-state index in [2.05, 4.69) is 18.3 Å². The Labute approximate surface area is 299 Å². The van der Waals surface area contributed by atoms with Gasteiger partial charge in [0.1, 0.15) is 18.1 Å². The number of para-hydroxylation sites is 2. The summed E-state index contributed by atoms with van der Waals surface area (Å²) in [5, 5.41) is 36.3. The molecule has 0 spiro atoms. The summed E-state index contributed by atoms with van der Waals surface area (Å²) in [4.78, 5) is 29.4. The molecule has 0 aromatic heterocycles. The molecular weight excluding hydrogens is 640 g/mol. The first-order valence-corrected chi connectivity index (χ1v) is 17.7. The van der Waals surface area contributed by atoms with Crippen LogP contribution in [0.5, 0.6) is 11.5 Å². The predicted molar refractivity (Wildman–Crippen MR) is 201 cm³/mol. The Balaban J connectivity index is 1.26. The number of rotatable bonds is 13. The largest absolute Gasteiger partial charge is 0.507 e. The van der Waals surface area contributed by atoms with Gasteiger partial charge in [0.15, 0.2) is 0 Å². The molecule has 1 heterocycles. The van der Waals surface area contributed by atoms with Gasteiger partial charge in [0, 0.05) is 17.3 Å². The highest BCUT2D eigenvalue weighted by atomic mass is 16.5. The average molecular weight is 687 g/mol. The summed E-state index contributed by atoms with van der Waals surface area (Å²) in [5.41, 5.74) is 7.25. The molecule has 4 N–H and O–H groups in total. The highest BCUT2D eigenvalue weighted by Gasteiger charge is 2.55. The van der Waals surface area contributed by atoms with Crippen LogP contribution in [0.25, 0.3) is 6.08 Å². The first-order valence-electron chi connectivity index (χ1n) is 17.7. The number of phenolic OH excluding ortho intramolecular Hbond substituents is 1. The van der Waals surface area contributed by atoms with Crippen molar-refractivity contribution in [1.82, 2.24) is 0 Å². The molecular formula is C43H46N2O6. The second-order valence-corrected chi connectivity index (χ2v) is 13.5. The summed E-state index contributed by atoms with van der Waals surface area (Å²) in [6, 6.07) is 30.1. The zero-order chi connectivity index (χ0) is 36.1. The van der Waals surface area contributed by atoms with Gasteiger partial charge in [0.2, 0.25) is 11.8 Å². The van der Waals surface area contributed by atoms with Gasteiger partial charge >= 0.3 is 0 Å². The van der Waals surface area contributed by atoms with E-state index < -0.39 is 30.5 Å². The number of nitrogens with one attached hydrogen (secondary N) is 1. The smallest absolute Gasteiger partial charge is 0.238 e. The van der Waals surface area contributed by atoms with Gasteiger partial charge < -0.3 is 25.4 Å². The minimum absolute atomic E-state index is 0.125. The summed E-state index contributed by atoms with van der Waals surface area (Å²) in [6.07, 6.45) is 3.10. The molecule has 4 aromatic rings. The minimum atomic E-state index is -0.962. The normalized spacial score (nSPS) is 19.7. The van der Waals surface area contributed by atoms with Crippen molar-refractivity contribution in [2.24, 2.45) is 17.8 Å². The monoisotopic (exact) mass is 686 g/mol. The van der Waals surface area contributed by atoms with Crippen LogP contribution in [-0.4, -0.2) is 46.5 Å². The third-order valence-electron chi connectivity index (χ3n) is 10.2. The quantitative estimate of drug-likeness (QED) is 0.0835. The number of nitrogens with zero attached hydrogens (tertiary/aromatic N) is 1. The zero-order valence-electron chi connectivity index (χ0n) is 29.4. The van der Waals surface area contributed by atoms with Gasteiger partial charge in [0.05, 0.1) is 30.2 Å². The van der Waals surface area contributed by atoms with Gasteiger partial charge in [-0.05, 0) is 128 Å². The number of carbonyl (C=O) groups is 2. The van der Waals surface area contributed by atoms with E-state index in [0.717, 1.165) is 45.6 Å². The summed E-state index contributed by atoms with van der Waals surface area (Å²) >= 11 is 0. The lowest BCUT2D eigenvalue weighted by atomic mass is 9.68. The van der Waals surface area contributed by atoms with Crippen molar-refractivity contribution in [1.29, 1.82) is 0 Å². The van der Waals surface area contributed by atoms with Crippen molar-refractivity contribution in [3.05, 3.63) is 130 Å². The van der Waals surface area contributed by atoms with Gasteiger partial charge in [-0.2, -0.15) is 0 Å². The van der Waals surface area contributed by atoms with Crippen LogP contribution in [-0.2, 0) is 9.59 Å². The lowest BCUT2D eigenvalue weighted by molar-refractivity contribution is -0.123. The van der Waals surface area contributed by atoms with E-state index in [-0.39, 0.29) is 24.8 Å². The summed E-state index contributed by atoms with van der Waals surface area (Å²) in [7, 11) is 0. The van der Waals surface area contributed by atoms with E-state index in [1.165, 1.54) is 4.90 Å². The van der Waals surface area contributed by atoms with Crippen LogP contribution >= 0.6 is 0 Å². The van der Waals surface area contributed by atoms with E-state index in [1.54, 1.807) is 12.1 Å². The van der Waals surface area contributed by atoms with Crippen molar-refractivity contribution in [3.63, 3.8) is 0 Å². The molecule has 8 nitrogen and oxygen atoms in total. The number of aromatic hydroxyl groups is 1. The predicted octanol–water partition coefficient (Wildman–Crippen LogP) is 7.88. The van der Waals surface area contributed by atoms with Crippen LogP contribution < -0.4 is 15.0 Å². The number of aryl methyl sites for hydroxylation is 2. The van der Waals surface area contributed by atoms with Gasteiger partial charge in [-0.3, -0.25) is 14.5 Å². The Morgan fingerprint density at radius 3 is 2.18 bits per heavy atom. The number of aliphatic hydroxyl groups is 2. The molecule has 1 fully saturated rings. The number of fused-ring (bicyclic) bond motifs is 1. The fourth-order valence-electron chi connectivity index (χ4n) is 7.55. The molecule has 0 radical (unpaired) electrons. The number of benzene rings is 4. The van der Waals surface area contributed by atoms with Crippen molar-refractivity contribution in [2.45, 2.75) is 52.6 Å². The third kappa shape index (κ3) is 7.77. The van der Waals surface area contributed by atoms with Crippen LogP contribution in [0.4, 0.5) is 17.1 Å². The first-order chi connectivity index (χ1) is 24.7. The topological polar surface area (TPSA) is 119 Å². The fraction of sp³-hybridized carbons (Fsp3) is 0.302. The fourth-order valence-corrected chi connectivity index (χ4v) is 7.55. The van der Waals surface area contributed by atoms with E-state index in [0.29, 0.717) is 35.6 Å². The maximum absolute atomic E-state index is 14.2. The number of hydrogen-bond donors (Lipinski definition) is 4. The molecule has 51 heavy (non-hydrogen) atoms. The second kappa shape index (κ2) is 15.8. The highest BCUT2D eigenvalue weighted by Crippen LogP contribution is 2.47. The lowest BCUT2D eigenvalue weighted by Gasteiger charge is -2.36. The number of ether oxygens (including phenoxy) is 1. The van der Waals surface area contributed by atoms with Crippen molar-refractivity contribution in [3.8, 4) is 11.5 Å². The number of aliphatic hydroxyl groups excluding tert-OH is 2. The Bertz CT molecular complexity index is 1900. The summed E-state index contributed by atoms with van der Waals surface area (Å²) in [5.74, 6) is -1.98. The Morgan fingerprint density at radius 2 is 1.55 bits per heavy atom. The third-order valence-corrected chi connectivity index (χ3v) is 10.2. The minimum Gasteiger partial charge on any atom is -0.507 e. The van der Waals surface area contributed by atoms with Crippen LogP contribution in [0.3, 0.4) is 0 Å². The Kier molecular flexibility index (Phi) is 11.0. The van der Waals surface area contributed by atoms with Crippen molar-refractivity contribution >= 4 is 35.0 Å². The van der Waals surface area contributed by atoms with Crippen LogP contribution in [0.2, 0.25) is 0 Å². The van der Waals surface area contributed by atoms with Crippen molar-refractivity contribution in [2.75, 3.05) is 23.4 Å². The lowest BCUT2D eigenvalue weighted by Crippen LogP contribution is -2.40. The molecule has 4 atom stereocenters. The number of allylic oxidation sites excluding steroid dienone is 1. The number of phenols is 1. The van der Waals surface area contributed by atoms with Crippen molar-refractivity contribution < 1.29 is 29.6 Å². The molecule has 1 aliphatic carbocycles. The number of imide groups is 1. The van der Waals surface area contributed by atoms with E-state index in [4.69, 9.17) is 4.74 Å². The van der Waals surface area contributed by atoms with Crippen LogP contribution in [0.15, 0.2) is 114 Å². The standard InChI is InChI=1S/C43H46N2O6/c1-4-29(23-30-21-27(2)41(48)28(3)22-30)15-20-38(47)39-31(26-51-35-13-9-6-10-14-35)24-36-40(37(39)25-46)43(50)45(42(36)49)34-18-16-33(17-19-34)44-32-11-7-5-8-12-32/h5-14,16-19,21-23,36-38,40,44,46-48H,4,15,20,24-26H2,1-3H3/b29-23+/t36-,37+,38-,40-/m1/s1. The highest BCUT2D eigenvalue weighted by molar-refractivity contribution is 6.22. The second-order valence-electron chi connectivity index (χ2n) is 13.5. The number of amides is 2. The summed E-state index contributed by atoms with van der Waals surface area (Å²) < 4.78 is 6.16. The van der Waals surface area contributed by atoms with Gasteiger partial charge in [-0.25, -0.2) is 0 Å². The van der Waals surface area contributed by atoms with E-state index in [1.807, 2.05) is 98.8 Å². The summed E-state index contributed by atoms with van der Waals surface area (Å²) in [6.45, 7) is 5.55. The van der Waals surface area contributed by atoms with Gasteiger partial charge in [-0.15, -0.1) is 0 Å². The molecule has 264 valence electrons. The average Bonchev–Trinajstić information content (AvgIpc) is 3.40. The molecule has 0 unspecified atom stereocenters. The zero-order valence-corrected chi connectivity index (χ0v) is 29.4. The molecule has 0 bridgehead atoms. The number of carbonyl (C=O) groups excluding carboxylic acids is 2. The molecule has 0 saturated carbocycles. The molecule has 2 aliphatic rings. The first kappa shape index (κ1) is 35.6. The number of anilines is 3. The maximum atomic E-state index is 14.2. The SMILES string of the molecule is CC/C(=C\c1cc(C)c(O)c(C)c1)CC[C@@H](O)C1=C(COc2ccccc2)C[C@H]2C(=O)N(c3ccc(Nc4ccccc4)cc3)C(=O)[C@H]2[C@H]1CO. The molecule has 2 amide bonds. The Morgan fingerprint density at radius 1 is 0.922 bits per heavy atom. The maximum Gasteiger partial charge on any atom is 0.238 e. The number of hydrogen-bond acceptors (Lipinski definition) is 7. The molecule has 1 aliphatic heterocycles. The molecule has 8 heteroatoms.